The second-order valence-corrected chi connectivity index (χ2v) is 12.8. The number of piperazine rings is 1. The van der Waals surface area contributed by atoms with Crippen LogP contribution in [0.4, 0.5) is 23.4 Å². The quantitative estimate of drug-likeness (QED) is 0.244. The highest BCUT2D eigenvalue weighted by molar-refractivity contribution is 7.99. The molecule has 15 heteroatoms. The maximum Gasteiger partial charge on any atom is 0.417 e. The minimum atomic E-state index is -4.87. The number of thiazole rings is 1. The molecule has 1 saturated heterocycles. The molecular weight excluding hydrogens is 622 g/mol. The Balaban J connectivity index is 1.66. The highest BCUT2D eigenvalue weighted by atomic mass is 32.2. The molecule has 0 spiro atoms. The van der Waals surface area contributed by atoms with Gasteiger partial charge in [0.15, 0.2) is 0 Å². The predicted octanol–water partition coefficient (Wildman–Crippen LogP) is 4.86. The van der Waals surface area contributed by atoms with Crippen LogP contribution in [0.15, 0.2) is 45.3 Å². The number of hydrogen-bond donors (Lipinski definition) is 1. The Bertz CT molecular complexity index is 1930. The Labute approximate surface area is 256 Å². The van der Waals surface area contributed by atoms with E-state index in [-0.39, 0.29) is 93.4 Å². The summed E-state index contributed by atoms with van der Waals surface area (Å²) in [4.78, 5) is 47.7. The van der Waals surface area contributed by atoms with E-state index in [2.05, 4.69) is 16.5 Å². The summed E-state index contributed by atoms with van der Waals surface area (Å²) < 4.78 is 67.1. The molecule has 0 bridgehead atoms. The first-order valence-corrected chi connectivity index (χ1v) is 15.6. The van der Waals surface area contributed by atoms with Crippen LogP contribution in [-0.4, -0.2) is 69.5 Å². The summed E-state index contributed by atoms with van der Waals surface area (Å²) in [6, 6.07) is 3.25. The molecule has 4 aromatic rings. The Hall–Kier alpha value is -3.69. The van der Waals surface area contributed by atoms with Crippen molar-refractivity contribution >= 4 is 55.9 Å². The van der Waals surface area contributed by atoms with Crippen molar-refractivity contribution in [2.45, 2.75) is 43.7 Å². The first-order chi connectivity index (χ1) is 20.9. The monoisotopic (exact) mass is 649 g/mol. The number of benzene rings is 2. The summed E-state index contributed by atoms with van der Waals surface area (Å²) in [6.45, 7) is 8.24. The number of thioether (sulfide) groups is 1. The molecule has 4 heterocycles. The molecule has 9 nitrogen and oxygen atoms in total. The number of amides is 1. The van der Waals surface area contributed by atoms with Crippen LogP contribution in [0.1, 0.15) is 19.4 Å². The normalized spacial score (nSPS) is 17.5. The first kappa shape index (κ1) is 30.3. The zero-order valence-corrected chi connectivity index (χ0v) is 25.3. The number of halogens is 4. The molecule has 0 saturated carbocycles. The number of aromatic amines is 1. The van der Waals surface area contributed by atoms with E-state index in [1.54, 1.807) is 9.80 Å². The largest absolute Gasteiger partial charge is 0.417 e. The third-order valence-corrected chi connectivity index (χ3v) is 9.75. The van der Waals surface area contributed by atoms with E-state index in [4.69, 9.17) is 4.74 Å². The van der Waals surface area contributed by atoms with E-state index in [0.29, 0.717) is 11.3 Å². The topological polar surface area (TPSA) is 101 Å². The van der Waals surface area contributed by atoms with Gasteiger partial charge in [-0.2, -0.15) is 18.2 Å². The van der Waals surface area contributed by atoms with Crippen LogP contribution in [0.2, 0.25) is 0 Å². The number of nitrogens with one attached hydrogen (secondary N) is 1. The van der Waals surface area contributed by atoms with Gasteiger partial charge in [0.1, 0.15) is 11.6 Å². The first-order valence-electron chi connectivity index (χ1n) is 13.8. The summed E-state index contributed by atoms with van der Waals surface area (Å²) in [5.41, 5.74) is -1.73. The van der Waals surface area contributed by atoms with Crippen molar-refractivity contribution in [1.82, 2.24) is 19.4 Å². The number of ether oxygens (including phenoxy) is 1. The lowest BCUT2D eigenvalue weighted by atomic mass is 9.95. The van der Waals surface area contributed by atoms with Crippen LogP contribution in [0.3, 0.4) is 0 Å². The number of anilines is 1. The highest BCUT2D eigenvalue weighted by Crippen LogP contribution is 2.49. The molecule has 1 amide bonds. The Morgan fingerprint density at radius 3 is 2.59 bits per heavy atom. The Morgan fingerprint density at radius 1 is 1.20 bits per heavy atom. The van der Waals surface area contributed by atoms with Gasteiger partial charge in [-0.3, -0.25) is 14.2 Å². The summed E-state index contributed by atoms with van der Waals surface area (Å²) in [6.07, 6.45) is -4.41. The smallest absolute Gasteiger partial charge is 0.373 e. The third kappa shape index (κ3) is 5.30. The van der Waals surface area contributed by atoms with Crippen molar-refractivity contribution in [3.05, 3.63) is 62.4 Å². The molecule has 2 aliphatic heterocycles. The predicted molar refractivity (Wildman–Crippen MR) is 162 cm³/mol. The maximum atomic E-state index is 15.0. The Morgan fingerprint density at radius 2 is 1.93 bits per heavy atom. The van der Waals surface area contributed by atoms with Gasteiger partial charge in [0, 0.05) is 53.3 Å². The fourth-order valence-corrected chi connectivity index (χ4v) is 7.84. The van der Waals surface area contributed by atoms with Gasteiger partial charge in [0.2, 0.25) is 5.91 Å². The molecule has 2 aromatic carbocycles. The number of rotatable bonds is 5. The summed E-state index contributed by atoms with van der Waals surface area (Å²) in [7, 11) is 0. The zero-order valence-electron chi connectivity index (χ0n) is 23.7. The fourth-order valence-electron chi connectivity index (χ4n) is 5.81. The lowest BCUT2D eigenvalue weighted by molar-refractivity contribution is -0.137. The van der Waals surface area contributed by atoms with Crippen LogP contribution in [0.5, 0.6) is 0 Å². The lowest BCUT2D eigenvalue weighted by Crippen LogP contribution is -2.49. The molecule has 2 aromatic heterocycles. The molecule has 2 aliphatic rings. The second-order valence-electron chi connectivity index (χ2n) is 10.8. The molecule has 6 rings (SSSR count). The highest BCUT2D eigenvalue weighted by Gasteiger charge is 2.39. The second kappa shape index (κ2) is 11.3. The average molecular weight is 650 g/mol. The fraction of sp³-hybridized carbons (Fsp3) is 0.379. The molecule has 1 unspecified atom stereocenters. The molecule has 0 radical (unpaired) electrons. The number of hydrogen-bond acceptors (Lipinski definition) is 8. The zero-order chi connectivity index (χ0) is 31.5. The number of carbonyl (C=O) groups excluding carboxylic acids is 1. The standard InChI is InChI=1S/C29H27F4N5O4S2/c1-4-20(39)36-7-9-37(10-8-36)26-17-11-18(29(31,32)33)21(16-5-6-19(30)24-22(16)34-28(41)44-24)25-23(17)38(27(40)35-26)12-15(13-43-25)42-14(2)3/h4-6,11,14-15H,1,7-10,12-13H2,2-3H3,(H,34,41). The van der Waals surface area contributed by atoms with E-state index in [0.717, 1.165) is 23.9 Å². The number of fused-ring (bicyclic) bond motifs is 1. The van der Waals surface area contributed by atoms with Gasteiger partial charge in [-0.1, -0.05) is 17.9 Å². The van der Waals surface area contributed by atoms with Crippen molar-refractivity contribution < 1.29 is 27.1 Å². The number of nitrogens with zero attached hydrogens (tertiary/aromatic N) is 4. The van der Waals surface area contributed by atoms with Crippen molar-refractivity contribution in [3.63, 3.8) is 0 Å². The van der Waals surface area contributed by atoms with E-state index in [1.165, 1.54) is 16.7 Å². The van der Waals surface area contributed by atoms with E-state index in [9.17, 15) is 18.8 Å². The van der Waals surface area contributed by atoms with Gasteiger partial charge >= 0.3 is 16.7 Å². The van der Waals surface area contributed by atoms with Crippen molar-refractivity contribution in [2.24, 2.45) is 0 Å². The number of alkyl halides is 3. The van der Waals surface area contributed by atoms with Gasteiger partial charge in [0.25, 0.3) is 0 Å². The van der Waals surface area contributed by atoms with Gasteiger partial charge in [-0.25, -0.2) is 9.18 Å². The third-order valence-electron chi connectivity index (χ3n) is 7.63. The lowest BCUT2D eigenvalue weighted by Gasteiger charge is -2.35. The molecule has 1 atom stereocenters. The van der Waals surface area contributed by atoms with E-state index in [1.807, 2.05) is 13.8 Å². The van der Waals surface area contributed by atoms with Gasteiger partial charge < -0.3 is 19.5 Å². The number of aromatic nitrogens is 3. The molecule has 44 heavy (non-hydrogen) atoms. The molecular formula is C29H27F4N5O4S2. The molecule has 232 valence electrons. The SMILES string of the molecule is C=CC(=O)N1CCN(c2nc(=O)n3c4c(c(-c5ccc(F)c6sc(=O)[nH]c56)c(C(F)(F)F)cc24)SCC(OC(C)C)C3)CC1. The van der Waals surface area contributed by atoms with Crippen LogP contribution in [0, 0.1) is 5.82 Å². The minimum Gasteiger partial charge on any atom is -0.373 e. The summed E-state index contributed by atoms with van der Waals surface area (Å²) >= 11 is 1.69. The van der Waals surface area contributed by atoms with Gasteiger partial charge in [-0.15, -0.1) is 11.8 Å². The molecule has 0 aliphatic carbocycles. The van der Waals surface area contributed by atoms with Crippen LogP contribution in [-0.2, 0) is 22.3 Å². The number of H-pyrrole nitrogens is 1. The van der Waals surface area contributed by atoms with Gasteiger partial charge in [0.05, 0.1) is 40.0 Å². The summed E-state index contributed by atoms with van der Waals surface area (Å²) in [5, 5.41) is 0.119. The van der Waals surface area contributed by atoms with E-state index >= 15 is 13.2 Å². The van der Waals surface area contributed by atoms with Crippen LogP contribution in [0.25, 0.3) is 32.2 Å². The van der Waals surface area contributed by atoms with Crippen molar-refractivity contribution in [3.8, 4) is 11.1 Å². The minimum absolute atomic E-state index is 0.00591. The Kier molecular flexibility index (Phi) is 7.82. The van der Waals surface area contributed by atoms with Crippen molar-refractivity contribution in [1.29, 1.82) is 0 Å². The van der Waals surface area contributed by atoms with Gasteiger partial charge in [-0.05, 0) is 38.1 Å². The average Bonchev–Trinajstić information content (AvgIpc) is 3.27. The summed E-state index contributed by atoms with van der Waals surface area (Å²) in [5.74, 6) is -0.685. The van der Waals surface area contributed by atoms with Crippen LogP contribution >= 0.6 is 23.1 Å². The maximum absolute atomic E-state index is 15.0. The number of carbonyl (C=O) groups is 1. The van der Waals surface area contributed by atoms with Crippen molar-refractivity contribution in [2.75, 3.05) is 36.8 Å². The van der Waals surface area contributed by atoms with E-state index < -0.39 is 34.2 Å². The molecule has 1 N–H and O–H groups in total. The molecule has 1 fully saturated rings. The van der Waals surface area contributed by atoms with Crippen LogP contribution < -0.4 is 15.5 Å².